The van der Waals surface area contributed by atoms with E-state index >= 15 is 0 Å². The number of carbonyl (C=O) groups excluding carboxylic acids is 1. The van der Waals surface area contributed by atoms with Crippen LogP contribution in [0.1, 0.15) is 33.4 Å². The number of benzene rings is 1. The zero-order valence-corrected chi connectivity index (χ0v) is 20.5. The van der Waals surface area contributed by atoms with Crippen LogP contribution in [0, 0.1) is 12.3 Å². The number of aryl methyl sites for hydroxylation is 1. The molecule has 2 saturated heterocycles. The van der Waals surface area contributed by atoms with Crippen molar-refractivity contribution in [3.05, 3.63) is 71.3 Å². The fraction of sp³-hybridized carbons (Fsp3) is 0.370. The van der Waals surface area contributed by atoms with E-state index in [1.807, 2.05) is 19.1 Å². The monoisotopic (exact) mass is 526 g/mol. The van der Waals surface area contributed by atoms with Gasteiger partial charge in [0.05, 0.1) is 49.3 Å². The third kappa shape index (κ3) is 4.01. The standard InChI is InChI=1S/C27H25F3N4O4/c1-15-2-3-18(33-25(36)16-4-5-31-21(9-16)27(28,29)30)10-19(15)17-8-20-23(32-11-17)24(35)26(13-38-14-26)22-12-37-7-6-34(20)22/h2-5,8-11,22,24,35H,6-7,12-14H2,1H3,(H,33,36)/t22-,24?/m1/s1. The number of morpholine rings is 1. The number of aliphatic hydroxyl groups is 1. The lowest BCUT2D eigenvalue weighted by atomic mass is 9.68. The van der Waals surface area contributed by atoms with Crippen LogP contribution in [-0.2, 0) is 15.7 Å². The Morgan fingerprint density at radius 1 is 1.16 bits per heavy atom. The third-order valence-electron chi connectivity index (χ3n) is 7.66. The lowest BCUT2D eigenvalue weighted by Gasteiger charge is -2.58. The Bertz CT molecular complexity index is 1410. The topological polar surface area (TPSA) is 96.8 Å². The number of nitrogens with zero attached hydrogens (tertiary/aromatic N) is 3. The van der Waals surface area contributed by atoms with Crippen LogP contribution < -0.4 is 10.2 Å². The number of anilines is 2. The maximum absolute atomic E-state index is 13.0. The molecule has 0 saturated carbocycles. The van der Waals surface area contributed by atoms with Gasteiger partial charge in [-0.3, -0.25) is 14.8 Å². The molecule has 2 atom stereocenters. The molecule has 1 amide bonds. The van der Waals surface area contributed by atoms with E-state index in [2.05, 4.69) is 20.2 Å². The molecule has 0 radical (unpaired) electrons. The minimum Gasteiger partial charge on any atom is -0.386 e. The molecule has 0 aliphatic carbocycles. The molecule has 2 aromatic heterocycles. The summed E-state index contributed by atoms with van der Waals surface area (Å²) in [6, 6.07) is 9.20. The van der Waals surface area contributed by atoms with Crippen molar-refractivity contribution < 1.29 is 32.5 Å². The summed E-state index contributed by atoms with van der Waals surface area (Å²) in [5, 5.41) is 13.9. The Balaban J connectivity index is 1.31. The number of carbonyl (C=O) groups is 1. The average molecular weight is 527 g/mol. The van der Waals surface area contributed by atoms with Crippen molar-refractivity contribution in [1.29, 1.82) is 0 Å². The number of aromatic nitrogens is 2. The fourth-order valence-electron chi connectivity index (χ4n) is 5.50. The normalized spacial score (nSPS) is 21.9. The summed E-state index contributed by atoms with van der Waals surface area (Å²) in [4.78, 5) is 22.9. The molecule has 38 heavy (non-hydrogen) atoms. The minimum atomic E-state index is -4.65. The van der Waals surface area contributed by atoms with Crippen molar-refractivity contribution in [2.75, 3.05) is 43.2 Å². The summed E-state index contributed by atoms with van der Waals surface area (Å²) in [5.74, 6) is -0.677. The molecular formula is C27H25F3N4O4. The van der Waals surface area contributed by atoms with Crippen LogP contribution in [0.5, 0.6) is 0 Å². The van der Waals surface area contributed by atoms with Crippen molar-refractivity contribution in [2.24, 2.45) is 5.41 Å². The summed E-state index contributed by atoms with van der Waals surface area (Å²) in [5.41, 5.74) is 2.66. The molecule has 198 valence electrons. The quantitative estimate of drug-likeness (QED) is 0.533. The molecular weight excluding hydrogens is 501 g/mol. The largest absolute Gasteiger partial charge is 0.433 e. The molecule has 11 heteroatoms. The number of amides is 1. The van der Waals surface area contributed by atoms with Gasteiger partial charge in [-0.25, -0.2) is 0 Å². The second kappa shape index (κ2) is 9.04. The molecule has 1 spiro atoms. The highest BCUT2D eigenvalue weighted by molar-refractivity contribution is 6.04. The van der Waals surface area contributed by atoms with Crippen LogP contribution in [0.25, 0.3) is 11.1 Å². The SMILES string of the molecule is Cc1ccc(NC(=O)c2ccnc(C(F)(F)F)c2)cc1-c1cnc2c(c1)N1CCOC[C@@H]1C1(COC1)C2O. The van der Waals surface area contributed by atoms with Crippen molar-refractivity contribution in [1.82, 2.24) is 9.97 Å². The highest BCUT2D eigenvalue weighted by Crippen LogP contribution is 2.53. The van der Waals surface area contributed by atoms with Crippen molar-refractivity contribution in [3.8, 4) is 11.1 Å². The van der Waals surface area contributed by atoms with Gasteiger partial charge in [0.15, 0.2) is 0 Å². The molecule has 3 aromatic rings. The van der Waals surface area contributed by atoms with Gasteiger partial charge in [0, 0.05) is 35.8 Å². The number of ether oxygens (including phenoxy) is 2. The van der Waals surface area contributed by atoms with Gasteiger partial charge in [-0.15, -0.1) is 0 Å². The summed E-state index contributed by atoms with van der Waals surface area (Å²) in [6.45, 7) is 4.55. The third-order valence-corrected chi connectivity index (χ3v) is 7.66. The van der Waals surface area contributed by atoms with E-state index in [-0.39, 0.29) is 11.6 Å². The van der Waals surface area contributed by atoms with Crippen LogP contribution in [0.2, 0.25) is 0 Å². The first-order valence-electron chi connectivity index (χ1n) is 12.2. The van der Waals surface area contributed by atoms with Gasteiger partial charge in [-0.2, -0.15) is 13.2 Å². The van der Waals surface area contributed by atoms with E-state index < -0.39 is 29.3 Å². The maximum Gasteiger partial charge on any atom is 0.433 e. The van der Waals surface area contributed by atoms with E-state index in [0.717, 1.165) is 34.6 Å². The van der Waals surface area contributed by atoms with E-state index in [0.29, 0.717) is 44.4 Å². The number of nitrogens with one attached hydrogen (secondary N) is 1. The number of halogens is 3. The lowest BCUT2D eigenvalue weighted by Crippen LogP contribution is -2.67. The van der Waals surface area contributed by atoms with E-state index in [9.17, 15) is 23.1 Å². The molecule has 3 aliphatic rings. The predicted octanol–water partition coefficient (Wildman–Crippen LogP) is 3.99. The van der Waals surface area contributed by atoms with Gasteiger partial charge in [0.1, 0.15) is 11.8 Å². The predicted molar refractivity (Wildman–Crippen MR) is 132 cm³/mol. The highest BCUT2D eigenvalue weighted by Gasteiger charge is 2.58. The lowest BCUT2D eigenvalue weighted by molar-refractivity contribution is -0.202. The van der Waals surface area contributed by atoms with Crippen LogP contribution in [-0.4, -0.2) is 60.0 Å². The zero-order chi connectivity index (χ0) is 26.7. The number of fused-ring (bicyclic) bond motifs is 4. The van der Waals surface area contributed by atoms with Crippen LogP contribution in [0.3, 0.4) is 0 Å². The summed E-state index contributed by atoms with van der Waals surface area (Å²) >= 11 is 0. The Labute approximate surface area is 216 Å². The van der Waals surface area contributed by atoms with Crippen molar-refractivity contribution >= 4 is 17.3 Å². The molecule has 1 unspecified atom stereocenters. The Morgan fingerprint density at radius 2 is 1.97 bits per heavy atom. The average Bonchev–Trinajstić information content (AvgIpc) is 2.88. The Hall–Kier alpha value is -3.54. The first-order valence-corrected chi connectivity index (χ1v) is 12.2. The van der Waals surface area contributed by atoms with E-state index in [4.69, 9.17) is 9.47 Å². The minimum absolute atomic E-state index is 0.0294. The van der Waals surface area contributed by atoms with Crippen molar-refractivity contribution in [2.45, 2.75) is 25.2 Å². The van der Waals surface area contributed by atoms with Crippen LogP contribution >= 0.6 is 0 Å². The number of pyridine rings is 2. The van der Waals surface area contributed by atoms with Crippen LogP contribution in [0.4, 0.5) is 24.5 Å². The number of aliphatic hydroxyl groups excluding tert-OH is 1. The smallest absolute Gasteiger partial charge is 0.386 e. The molecule has 2 N–H and O–H groups in total. The van der Waals surface area contributed by atoms with E-state index in [1.54, 1.807) is 18.3 Å². The number of rotatable bonds is 3. The van der Waals surface area contributed by atoms with Gasteiger partial charge in [0.25, 0.3) is 5.91 Å². The molecule has 3 aliphatic heterocycles. The van der Waals surface area contributed by atoms with Gasteiger partial charge in [0.2, 0.25) is 0 Å². The van der Waals surface area contributed by atoms with Crippen LogP contribution in [0.15, 0.2) is 48.8 Å². The fourth-order valence-corrected chi connectivity index (χ4v) is 5.50. The van der Waals surface area contributed by atoms with Gasteiger partial charge in [-0.1, -0.05) is 6.07 Å². The molecule has 8 nitrogen and oxygen atoms in total. The summed E-state index contributed by atoms with van der Waals surface area (Å²) in [7, 11) is 0. The van der Waals surface area contributed by atoms with Gasteiger partial charge >= 0.3 is 6.18 Å². The second-order valence-electron chi connectivity index (χ2n) is 9.95. The number of hydrogen-bond acceptors (Lipinski definition) is 7. The Kier molecular flexibility index (Phi) is 5.89. The molecule has 6 rings (SSSR count). The summed E-state index contributed by atoms with van der Waals surface area (Å²) in [6.07, 6.45) is -2.77. The molecule has 5 heterocycles. The summed E-state index contributed by atoms with van der Waals surface area (Å²) < 4.78 is 50.3. The zero-order valence-electron chi connectivity index (χ0n) is 20.5. The molecule has 1 aromatic carbocycles. The highest BCUT2D eigenvalue weighted by atomic mass is 19.4. The Morgan fingerprint density at radius 3 is 2.71 bits per heavy atom. The number of alkyl halides is 3. The number of hydrogen-bond donors (Lipinski definition) is 2. The van der Waals surface area contributed by atoms with Gasteiger partial charge in [-0.05, 0) is 48.4 Å². The molecule has 2 fully saturated rings. The van der Waals surface area contributed by atoms with Crippen molar-refractivity contribution in [3.63, 3.8) is 0 Å². The van der Waals surface area contributed by atoms with Gasteiger partial charge < -0.3 is 24.8 Å². The first kappa shape index (κ1) is 24.8. The first-order chi connectivity index (χ1) is 18.2. The molecule has 0 bridgehead atoms. The maximum atomic E-state index is 13.0. The van der Waals surface area contributed by atoms with E-state index in [1.165, 1.54) is 6.07 Å². The second-order valence-corrected chi connectivity index (χ2v) is 9.95.